The van der Waals surface area contributed by atoms with Gasteiger partial charge in [-0.05, 0) is 24.5 Å². The van der Waals surface area contributed by atoms with Crippen LogP contribution in [0.1, 0.15) is 37.6 Å². The Morgan fingerprint density at radius 3 is 2.47 bits per heavy atom. The molecule has 0 aliphatic heterocycles. The molecule has 2 N–H and O–H groups in total. The van der Waals surface area contributed by atoms with Gasteiger partial charge in [-0.25, -0.2) is 8.42 Å². The van der Waals surface area contributed by atoms with Crippen molar-refractivity contribution in [1.82, 2.24) is 4.31 Å². The van der Waals surface area contributed by atoms with E-state index in [9.17, 15) is 8.42 Å². The number of thiophene rings is 1. The lowest BCUT2D eigenvalue weighted by Crippen LogP contribution is -2.34. The lowest BCUT2D eigenvalue weighted by atomic mass is 10.1. The molecule has 4 nitrogen and oxygen atoms in total. The third-order valence-corrected chi connectivity index (χ3v) is 6.99. The quantitative estimate of drug-likeness (QED) is 0.842. The van der Waals surface area contributed by atoms with Gasteiger partial charge in [0.15, 0.2) is 0 Å². The van der Waals surface area contributed by atoms with Gasteiger partial charge in [0.25, 0.3) is 10.0 Å². The van der Waals surface area contributed by atoms with Crippen LogP contribution in [0.3, 0.4) is 0 Å². The zero-order chi connectivity index (χ0) is 14.6. The van der Waals surface area contributed by atoms with Crippen LogP contribution in [0.2, 0.25) is 0 Å². The van der Waals surface area contributed by atoms with E-state index in [1.54, 1.807) is 10.4 Å². The summed E-state index contributed by atoms with van der Waals surface area (Å²) in [6.07, 6.45) is 0.976. The van der Waals surface area contributed by atoms with Gasteiger partial charge in [0, 0.05) is 24.5 Å². The molecule has 19 heavy (non-hydrogen) atoms. The normalized spacial score (nSPS) is 14.0. The second-order valence-corrected chi connectivity index (χ2v) is 8.15. The van der Waals surface area contributed by atoms with E-state index in [1.807, 2.05) is 13.8 Å². The van der Waals surface area contributed by atoms with Crippen molar-refractivity contribution in [2.24, 2.45) is 11.7 Å². The topological polar surface area (TPSA) is 63.4 Å². The highest BCUT2D eigenvalue weighted by molar-refractivity contribution is 7.91. The molecule has 1 unspecified atom stereocenters. The Labute approximate surface area is 120 Å². The number of nitrogens with zero attached hydrogens (tertiary/aromatic N) is 1. The Hall–Kier alpha value is -0.430. The summed E-state index contributed by atoms with van der Waals surface area (Å²) in [5.41, 5.74) is 6.58. The van der Waals surface area contributed by atoms with Crippen molar-refractivity contribution in [3.05, 3.63) is 16.5 Å². The van der Waals surface area contributed by atoms with Gasteiger partial charge in [0.1, 0.15) is 4.21 Å². The van der Waals surface area contributed by atoms with E-state index in [1.165, 1.54) is 11.3 Å². The molecule has 1 aromatic rings. The number of aryl methyl sites for hydroxylation is 1. The second-order valence-electron chi connectivity index (χ2n) is 4.84. The molecule has 1 atom stereocenters. The number of hydrogen-bond acceptors (Lipinski definition) is 4. The average molecular weight is 304 g/mol. The van der Waals surface area contributed by atoms with Crippen molar-refractivity contribution in [2.75, 3.05) is 13.1 Å². The molecular formula is C13H24N2O2S2. The van der Waals surface area contributed by atoms with Gasteiger partial charge < -0.3 is 5.73 Å². The summed E-state index contributed by atoms with van der Waals surface area (Å²) in [5, 5.41) is 0. The summed E-state index contributed by atoms with van der Waals surface area (Å²) in [7, 11) is -3.37. The predicted octanol–water partition coefficient (Wildman–Crippen LogP) is 2.57. The van der Waals surface area contributed by atoms with Crippen LogP contribution in [0.15, 0.2) is 10.3 Å². The van der Waals surface area contributed by atoms with Gasteiger partial charge in [-0.3, -0.25) is 0 Å². The van der Waals surface area contributed by atoms with E-state index in [4.69, 9.17) is 5.73 Å². The van der Waals surface area contributed by atoms with Crippen LogP contribution < -0.4 is 5.73 Å². The molecular weight excluding hydrogens is 280 g/mol. The molecule has 0 radical (unpaired) electrons. The lowest BCUT2D eigenvalue weighted by molar-refractivity contribution is 0.362. The average Bonchev–Trinajstić information content (AvgIpc) is 2.77. The zero-order valence-corrected chi connectivity index (χ0v) is 13.8. The van der Waals surface area contributed by atoms with E-state index >= 15 is 0 Å². The Morgan fingerprint density at radius 1 is 1.42 bits per heavy atom. The molecule has 0 aromatic carbocycles. The fourth-order valence-corrected chi connectivity index (χ4v) is 5.01. The van der Waals surface area contributed by atoms with Crippen molar-refractivity contribution < 1.29 is 8.42 Å². The molecule has 0 spiro atoms. The van der Waals surface area contributed by atoms with Crippen LogP contribution in [0.5, 0.6) is 0 Å². The molecule has 0 saturated carbocycles. The van der Waals surface area contributed by atoms with Gasteiger partial charge in [-0.15, -0.1) is 11.3 Å². The summed E-state index contributed by atoms with van der Waals surface area (Å²) in [5.74, 6) is 0.366. The summed E-state index contributed by atoms with van der Waals surface area (Å²) >= 11 is 1.29. The molecule has 0 fully saturated rings. The van der Waals surface area contributed by atoms with Crippen LogP contribution in [0.4, 0.5) is 0 Å². The molecule has 6 heteroatoms. The van der Waals surface area contributed by atoms with Crippen molar-refractivity contribution in [3.8, 4) is 0 Å². The Balaban J connectivity index is 3.06. The van der Waals surface area contributed by atoms with Gasteiger partial charge in [0.05, 0.1) is 0 Å². The van der Waals surface area contributed by atoms with Gasteiger partial charge in [-0.1, -0.05) is 27.2 Å². The van der Waals surface area contributed by atoms with E-state index in [2.05, 4.69) is 13.8 Å². The maximum Gasteiger partial charge on any atom is 0.252 e. The summed E-state index contributed by atoms with van der Waals surface area (Å²) in [6, 6.07) is 1.74. The summed E-state index contributed by atoms with van der Waals surface area (Å²) in [4.78, 5) is 0.943. The Bertz CT molecular complexity index is 509. The first-order chi connectivity index (χ1) is 8.86. The third-order valence-electron chi connectivity index (χ3n) is 3.34. The monoisotopic (exact) mass is 304 g/mol. The van der Waals surface area contributed by atoms with Crippen molar-refractivity contribution >= 4 is 21.4 Å². The van der Waals surface area contributed by atoms with Crippen LogP contribution >= 0.6 is 11.3 Å². The minimum Gasteiger partial charge on any atom is -0.326 e. The Kier molecular flexibility index (Phi) is 5.98. The number of sulfonamides is 1. The van der Waals surface area contributed by atoms with Crippen molar-refractivity contribution in [2.45, 2.75) is 44.9 Å². The maximum atomic E-state index is 12.6. The molecule has 1 rings (SSSR count). The minimum atomic E-state index is -3.37. The molecule has 0 bridgehead atoms. The smallest absolute Gasteiger partial charge is 0.252 e. The highest BCUT2D eigenvalue weighted by Crippen LogP contribution is 2.28. The van der Waals surface area contributed by atoms with Crippen LogP contribution in [-0.4, -0.2) is 25.8 Å². The highest BCUT2D eigenvalue weighted by Gasteiger charge is 2.26. The molecule has 110 valence electrons. The molecule has 0 aliphatic rings. The first-order valence-electron chi connectivity index (χ1n) is 6.66. The summed E-state index contributed by atoms with van der Waals surface area (Å²) < 4.78 is 27.2. The van der Waals surface area contributed by atoms with E-state index in [0.717, 1.165) is 16.9 Å². The van der Waals surface area contributed by atoms with Crippen LogP contribution in [-0.2, 0) is 16.6 Å². The number of rotatable bonds is 7. The fraction of sp³-hybridized carbons (Fsp3) is 0.692. The van der Waals surface area contributed by atoms with E-state index < -0.39 is 10.0 Å². The molecule has 0 saturated heterocycles. The second kappa shape index (κ2) is 6.83. The SMILES string of the molecule is CCC(C)CN(CC)S(=O)(=O)c1cc(C)c(CN)s1. The number of nitrogens with two attached hydrogens (primary N) is 1. The minimum absolute atomic E-state index is 0.366. The van der Waals surface area contributed by atoms with E-state index in [0.29, 0.717) is 29.8 Å². The number of hydrogen-bond donors (Lipinski definition) is 1. The predicted molar refractivity (Wildman–Crippen MR) is 80.8 cm³/mol. The molecule has 1 heterocycles. The van der Waals surface area contributed by atoms with Crippen molar-refractivity contribution in [3.63, 3.8) is 0 Å². The zero-order valence-electron chi connectivity index (χ0n) is 12.1. The standard InChI is InChI=1S/C13H24N2O2S2/c1-5-10(3)9-15(6-2)19(16,17)13-7-11(4)12(8-14)18-13/h7,10H,5-6,8-9,14H2,1-4H3. The lowest BCUT2D eigenvalue weighted by Gasteiger charge is -2.22. The van der Waals surface area contributed by atoms with Crippen LogP contribution in [0.25, 0.3) is 0 Å². The fourth-order valence-electron chi connectivity index (χ4n) is 1.82. The molecule has 0 amide bonds. The maximum absolute atomic E-state index is 12.6. The molecule has 0 aliphatic carbocycles. The molecule has 1 aromatic heterocycles. The third kappa shape index (κ3) is 3.78. The Morgan fingerprint density at radius 2 is 2.05 bits per heavy atom. The largest absolute Gasteiger partial charge is 0.326 e. The van der Waals surface area contributed by atoms with Crippen molar-refractivity contribution in [1.29, 1.82) is 0 Å². The van der Waals surface area contributed by atoms with Gasteiger partial charge in [0.2, 0.25) is 0 Å². The van der Waals surface area contributed by atoms with Gasteiger partial charge >= 0.3 is 0 Å². The first kappa shape index (κ1) is 16.6. The van der Waals surface area contributed by atoms with E-state index in [-0.39, 0.29) is 0 Å². The van der Waals surface area contributed by atoms with Gasteiger partial charge in [-0.2, -0.15) is 4.31 Å². The van der Waals surface area contributed by atoms with Crippen LogP contribution in [0, 0.1) is 12.8 Å². The highest BCUT2D eigenvalue weighted by atomic mass is 32.2. The first-order valence-corrected chi connectivity index (χ1v) is 8.91. The summed E-state index contributed by atoms with van der Waals surface area (Å²) in [6.45, 7) is 9.40.